The number of aliphatic hydroxyl groups is 1. The highest BCUT2D eigenvalue weighted by atomic mass is 19.1. The van der Waals surface area contributed by atoms with Gasteiger partial charge in [0.2, 0.25) is 0 Å². The van der Waals surface area contributed by atoms with Gasteiger partial charge in [-0.15, -0.1) is 0 Å². The van der Waals surface area contributed by atoms with Crippen molar-refractivity contribution in [2.75, 3.05) is 19.8 Å². The lowest BCUT2D eigenvalue weighted by atomic mass is 10.1. The van der Waals surface area contributed by atoms with Crippen LogP contribution in [0.5, 0.6) is 0 Å². The van der Waals surface area contributed by atoms with E-state index >= 15 is 0 Å². The highest BCUT2D eigenvalue weighted by Gasteiger charge is 2.26. The number of nitrogens with zero attached hydrogens (tertiary/aromatic N) is 2. The first-order valence-electron chi connectivity index (χ1n) is 6.29. The van der Waals surface area contributed by atoms with Crippen LogP contribution in [0.25, 0.3) is 0 Å². The molecule has 2 rings (SSSR count). The largest absolute Gasteiger partial charge is 0.394 e. The third-order valence-electron chi connectivity index (χ3n) is 3.39. The Hall–Kier alpha value is -1.48. The van der Waals surface area contributed by atoms with E-state index < -0.39 is 0 Å². The molecule has 2 atom stereocenters. The van der Waals surface area contributed by atoms with Gasteiger partial charge in [-0.1, -0.05) is 6.07 Å². The summed E-state index contributed by atoms with van der Waals surface area (Å²) in [5.74, 6) is -0.363. The molecule has 0 saturated carbocycles. The van der Waals surface area contributed by atoms with Crippen molar-refractivity contribution in [3.05, 3.63) is 35.1 Å². The van der Waals surface area contributed by atoms with E-state index in [1.807, 2.05) is 13.0 Å². The maximum atomic E-state index is 13.8. The van der Waals surface area contributed by atoms with Gasteiger partial charge in [0, 0.05) is 24.7 Å². The maximum absolute atomic E-state index is 13.8. The van der Waals surface area contributed by atoms with Gasteiger partial charge >= 0.3 is 0 Å². The van der Waals surface area contributed by atoms with Gasteiger partial charge in [0.05, 0.1) is 31.0 Å². The van der Waals surface area contributed by atoms with Gasteiger partial charge in [-0.2, -0.15) is 5.26 Å². The summed E-state index contributed by atoms with van der Waals surface area (Å²) in [6.45, 7) is 3.55. The van der Waals surface area contributed by atoms with Crippen LogP contribution in [0.15, 0.2) is 18.2 Å². The number of nitriles is 1. The van der Waals surface area contributed by atoms with Crippen molar-refractivity contribution in [2.24, 2.45) is 0 Å². The average Bonchev–Trinajstić information content (AvgIpc) is 2.43. The maximum Gasteiger partial charge on any atom is 0.129 e. The molecule has 1 aliphatic rings. The normalized spacial score (nSPS) is 24.1. The SMILES string of the molecule is CC1COC(CO)CN1Cc1ccc(C#N)cc1F. The fourth-order valence-electron chi connectivity index (χ4n) is 2.17. The summed E-state index contributed by atoms with van der Waals surface area (Å²) in [6.07, 6.45) is -0.211. The number of hydrogen-bond acceptors (Lipinski definition) is 4. The average molecular weight is 264 g/mol. The number of halogens is 1. The quantitative estimate of drug-likeness (QED) is 0.893. The molecule has 1 aromatic carbocycles. The van der Waals surface area contributed by atoms with Gasteiger partial charge in [0.15, 0.2) is 0 Å². The first-order valence-corrected chi connectivity index (χ1v) is 6.29. The Balaban J connectivity index is 2.09. The van der Waals surface area contributed by atoms with Crippen LogP contribution in [0.1, 0.15) is 18.1 Å². The third kappa shape index (κ3) is 3.29. The van der Waals surface area contributed by atoms with E-state index in [1.54, 1.807) is 12.1 Å². The molecule has 2 unspecified atom stereocenters. The lowest BCUT2D eigenvalue weighted by molar-refractivity contribution is -0.0807. The Labute approximate surface area is 112 Å². The van der Waals surface area contributed by atoms with Gasteiger partial charge in [-0.05, 0) is 19.1 Å². The summed E-state index contributed by atoms with van der Waals surface area (Å²) in [4.78, 5) is 2.08. The summed E-state index contributed by atoms with van der Waals surface area (Å²) >= 11 is 0. The molecule has 0 spiro atoms. The second kappa shape index (κ2) is 6.11. The van der Waals surface area contributed by atoms with Gasteiger partial charge in [0.1, 0.15) is 5.82 Å². The lowest BCUT2D eigenvalue weighted by Crippen LogP contribution is -2.48. The van der Waals surface area contributed by atoms with E-state index in [2.05, 4.69) is 4.90 Å². The van der Waals surface area contributed by atoms with Crippen molar-refractivity contribution >= 4 is 0 Å². The van der Waals surface area contributed by atoms with Crippen molar-refractivity contribution in [1.82, 2.24) is 4.90 Å². The van der Waals surface area contributed by atoms with Crippen LogP contribution in [-0.2, 0) is 11.3 Å². The summed E-state index contributed by atoms with van der Waals surface area (Å²) < 4.78 is 19.3. The van der Waals surface area contributed by atoms with E-state index in [0.717, 1.165) is 0 Å². The fourth-order valence-corrected chi connectivity index (χ4v) is 2.17. The van der Waals surface area contributed by atoms with Crippen molar-refractivity contribution in [3.8, 4) is 6.07 Å². The Bertz CT molecular complexity index is 487. The third-order valence-corrected chi connectivity index (χ3v) is 3.39. The smallest absolute Gasteiger partial charge is 0.129 e. The Morgan fingerprint density at radius 3 is 3.00 bits per heavy atom. The van der Waals surface area contributed by atoms with Gasteiger partial charge in [0.25, 0.3) is 0 Å². The van der Waals surface area contributed by atoms with Crippen LogP contribution >= 0.6 is 0 Å². The van der Waals surface area contributed by atoms with Crippen LogP contribution in [-0.4, -0.2) is 41.9 Å². The summed E-state index contributed by atoms with van der Waals surface area (Å²) in [6, 6.07) is 6.61. The molecule has 1 saturated heterocycles. The highest BCUT2D eigenvalue weighted by Crippen LogP contribution is 2.18. The Kier molecular flexibility index (Phi) is 4.48. The molecular formula is C14H17FN2O2. The Morgan fingerprint density at radius 1 is 1.58 bits per heavy atom. The molecule has 0 aliphatic carbocycles. The zero-order valence-corrected chi connectivity index (χ0v) is 10.8. The van der Waals surface area contributed by atoms with Gasteiger partial charge in [-0.3, -0.25) is 4.90 Å². The number of ether oxygens (including phenoxy) is 1. The predicted molar refractivity (Wildman–Crippen MR) is 67.8 cm³/mol. The highest BCUT2D eigenvalue weighted by molar-refractivity contribution is 5.32. The van der Waals surface area contributed by atoms with Crippen LogP contribution < -0.4 is 0 Å². The standard InChI is InChI=1S/C14H17FN2O2/c1-10-9-19-13(8-18)7-17(10)6-12-3-2-11(5-16)4-14(12)15/h2-4,10,13,18H,6-9H2,1H3. The molecule has 4 nitrogen and oxygen atoms in total. The van der Waals surface area contributed by atoms with E-state index in [-0.39, 0.29) is 24.6 Å². The second-order valence-corrected chi connectivity index (χ2v) is 4.83. The molecule has 5 heteroatoms. The molecule has 1 aliphatic heterocycles. The second-order valence-electron chi connectivity index (χ2n) is 4.83. The van der Waals surface area contributed by atoms with Crippen molar-refractivity contribution in [3.63, 3.8) is 0 Å². The molecule has 1 N–H and O–H groups in total. The molecule has 1 fully saturated rings. The van der Waals surface area contributed by atoms with Crippen LogP contribution in [0, 0.1) is 17.1 Å². The van der Waals surface area contributed by atoms with E-state index in [1.165, 1.54) is 6.07 Å². The number of rotatable bonds is 3. The minimum Gasteiger partial charge on any atom is -0.394 e. The summed E-state index contributed by atoms with van der Waals surface area (Å²) in [5, 5.41) is 17.8. The predicted octanol–water partition coefficient (Wildman–Crippen LogP) is 1.28. The topological polar surface area (TPSA) is 56.5 Å². The molecule has 1 aromatic rings. The summed E-state index contributed by atoms with van der Waals surface area (Å²) in [5.41, 5.74) is 0.883. The first kappa shape index (κ1) is 13.9. The number of hydrogen-bond donors (Lipinski definition) is 1. The van der Waals surface area contributed by atoms with Crippen molar-refractivity contribution < 1.29 is 14.2 Å². The van der Waals surface area contributed by atoms with Crippen LogP contribution in [0.3, 0.4) is 0 Å². The van der Waals surface area contributed by atoms with Gasteiger partial charge < -0.3 is 9.84 Å². The molecule has 0 radical (unpaired) electrons. The van der Waals surface area contributed by atoms with Crippen LogP contribution in [0.2, 0.25) is 0 Å². The molecular weight excluding hydrogens is 247 g/mol. The molecule has 1 heterocycles. The molecule has 102 valence electrons. The number of morpholine rings is 1. The molecule has 0 aromatic heterocycles. The van der Waals surface area contributed by atoms with E-state index in [4.69, 9.17) is 15.1 Å². The first-order chi connectivity index (χ1) is 9.13. The van der Waals surface area contributed by atoms with Crippen LogP contribution in [0.4, 0.5) is 4.39 Å². The number of benzene rings is 1. The Morgan fingerprint density at radius 2 is 2.37 bits per heavy atom. The monoisotopic (exact) mass is 264 g/mol. The molecule has 0 bridgehead atoms. The van der Waals surface area contributed by atoms with Crippen molar-refractivity contribution in [1.29, 1.82) is 5.26 Å². The van der Waals surface area contributed by atoms with E-state index in [9.17, 15) is 4.39 Å². The minimum atomic E-state index is -0.363. The zero-order valence-electron chi connectivity index (χ0n) is 10.8. The minimum absolute atomic E-state index is 0.0287. The van der Waals surface area contributed by atoms with E-state index in [0.29, 0.717) is 30.8 Å². The van der Waals surface area contributed by atoms with Crippen molar-refractivity contribution in [2.45, 2.75) is 25.6 Å². The molecule has 0 amide bonds. The van der Waals surface area contributed by atoms with Gasteiger partial charge in [-0.25, -0.2) is 4.39 Å². The summed E-state index contributed by atoms with van der Waals surface area (Å²) in [7, 11) is 0. The lowest BCUT2D eigenvalue weighted by Gasteiger charge is -2.37. The molecule has 19 heavy (non-hydrogen) atoms. The number of aliphatic hydroxyl groups excluding tert-OH is 1. The fraction of sp³-hybridized carbons (Fsp3) is 0.500. The zero-order chi connectivity index (χ0) is 13.8.